The Kier molecular flexibility index (Phi) is 4.42. The zero-order chi connectivity index (χ0) is 18.4. The number of rotatable bonds is 5. The molecule has 1 heterocycles. The highest BCUT2D eigenvalue weighted by Crippen LogP contribution is 2.40. The Hall–Kier alpha value is -2.19. The van der Waals surface area contributed by atoms with Gasteiger partial charge in [-0.15, -0.1) is 0 Å². The van der Waals surface area contributed by atoms with Gasteiger partial charge >= 0.3 is 0 Å². The van der Waals surface area contributed by atoms with Crippen molar-refractivity contribution in [2.24, 2.45) is 7.05 Å². The Morgan fingerprint density at radius 3 is 2.52 bits per heavy atom. The Labute approximate surface area is 146 Å². The van der Waals surface area contributed by atoms with Crippen LogP contribution in [0.2, 0.25) is 0 Å². The topological polar surface area (TPSA) is 71.4 Å². The molecular weight excluding hydrogens is 345 g/mol. The van der Waals surface area contributed by atoms with Gasteiger partial charge < -0.3 is 9.88 Å². The molecule has 0 bridgehead atoms. The maximum Gasteiger partial charge on any atom is 0.268 e. The molecule has 1 N–H and O–H groups in total. The van der Waals surface area contributed by atoms with Gasteiger partial charge in [-0.05, 0) is 30.2 Å². The number of carbonyl (C=O) groups is 1. The number of halogens is 1. The lowest BCUT2D eigenvalue weighted by atomic mass is 10.1. The van der Waals surface area contributed by atoms with E-state index in [1.54, 1.807) is 19.2 Å². The highest BCUT2D eigenvalue weighted by Gasteiger charge is 2.40. The van der Waals surface area contributed by atoms with Crippen molar-refractivity contribution in [2.45, 2.75) is 23.3 Å². The Morgan fingerprint density at radius 1 is 1.28 bits per heavy atom. The van der Waals surface area contributed by atoms with Crippen LogP contribution in [-0.4, -0.2) is 43.3 Å². The lowest BCUT2D eigenvalue weighted by Crippen LogP contribution is -2.28. The second kappa shape index (κ2) is 6.27. The van der Waals surface area contributed by atoms with Crippen LogP contribution in [0.5, 0.6) is 0 Å². The summed E-state index contributed by atoms with van der Waals surface area (Å²) >= 11 is 0. The summed E-state index contributed by atoms with van der Waals surface area (Å²) in [4.78, 5) is 12.5. The van der Waals surface area contributed by atoms with Gasteiger partial charge in [0.1, 0.15) is 16.4 Å². The molecule has 6 nitrogen and oxygen atoms in total. The van der Waals surface area contributed by atoms with Gasteiger partial charge in [-0.2, -0.15) is 0 Å². The molecule has 0 radical (unpaired) electrons. The second-order valence-electron chi connectivity index (χ2n) is 6.43. The molecule has 0 aliphatic heterocycles. The first-order valence-electron chi connectivity index (χ1n) is 7.85. The van der Waals surface area contributed by atoms with Gasteiger partial charge in [0.2, 0.25) is 10.0 Å². The minimum atomic E-state index is -3.59. The van der Waals surface area contributed by atoms with Crippen LogP contribution in [0.15, 0.2) is 41.4 Å². The minimum Gasteiger partial charge on any atom is -0.347 e. The van der Waals surface area contributed by atoms with Crippen molar-refractivity contribution < 1.29 is 17.6 Å². The number of nitrogens with one attached hydrogen (secondary N) is 1. The van der Waals surface area contributed by atoms with Crippen molar-refractivity contribution in [3.63, 3.8) is 0 Å². The van der Waals surface area contributed by atoms with Crippen LogP contribution < -0.4 is 5.32 Å². The molecule has 0 saturated heterocycles. The van der Waals surface area contributed by atoms with E-state index in [0.29, 0.717) is 0 Å². The molecule has 2 atom stereocenters. The fourth-order valence-electron chi connectivity index (χ4n) is 2.79. The molecule has 8 heteroatoms. The third-order valence-corrected chi connectivity index (χ3v) is 6.18. The normalized spacial score (nSPS) is 19.9. The van der Waals surface area contributed by atoms with Gasteiger partial charge in [0.05, 0.1) is 0 Å². The van der Waals surface area contributed by atoms with Crippen LogP contribution >= 0.6 is 0 Å². The molecule has 134 valence electrons. The number of sulfonamides is 1. The monoisotopic (exact) mass is 365 g/mol. The molecule has 1 amide bonds. The number of hydrogen-bond donors (Lipinski definition) is 1. The van der Waals surface area contributed by atoms with Gasteiger partial charge in [-0.1, -0.05) is 12.1 Å². The average Bonchev–Trinajstić information content (AvgIpc) is 3.18. The summed E-state index contributed by atoms with van der Waals surface area (Å²) in [5.41, 5.74) is 1.26. The molecule has 1 aromatic carbocycles. The zero-order valence-corrected chi connectivity index (χ0v) is 15.0. The van der Waals surface area contributed by atoms with Crippen LogP contribution in [0, 0.1) is 5.82 Å². The molecule has 2 aromatic rings. The first-order valence-corrected chi connectivity index (χ1v) is 9.29. The number of carbonyl (C=O) groups excluding carboxylic acids is 1. The number of aryl methyl sites for hydroxylation is 1. The van der Waals surface area contributed by atoms with Crippen molar-refractivity contribution in [3.8, 4) is 0 Å². The van der Waals surface area contributed by atoms with Crippen molar-refractivity contribution >= 4 is 15.9 Å². The van der Waals surface area contributed by atoms with Crippen molar-refractivity contribution in [3.05, 3.63) is 53.6 Å². The van der Waals surface area contributed by atoms with E-state index in [1.165, 1.54) is 43.1 Å². The van der Waals surface area contributed by atoms with Gasteiger partial charge in [-0.25, -0.2) is 17.1 Å². The van der Waals surface area contributed by atoms with Gasteiger partial charge in [-0.3, -0.25) is 4.79 Å². The van der Waals surface area contributed by atoms with Crippen LogP contribution in [0.4, 0.5) is 4.39 Å². The standard InChI is InChI=1S/C17H20FN3O3S/c1-20(2)25(23,24)13-8-16(21(3)10-13)17(22)19-15-9-14(15)11-4-6-12(18)7-5-11/h4-8,10,14-15H,9H2,1-3H3,(H,19,22)/t14-,15+/m0/s1. The van der Waals surface area contributed by atoms with Crippen molar-refractivity contribution in [1.29, 1.82) is 0 Å². The molecule has 0 spiro atoms. The second-order valence-corrected chi connectivity index (χ2v) is 8.58. The summed E-state index contributed by atoms with van der Waals surface area (Å²) in [6.45, 7) is 0. The van der Waals surface area contributed by atoms with Gasteiger partial charge in [0.25, 0.3) is 5.91 Å². The van der Waals surface area contributed by atoms with Crippen molar-refractivity contribution in [2.75, 3.05) is 14.1 Å². The zero-order valence-electron chi connectivity index (χ0n) is 14.2. The molecule has 0 unspecified atom stereocenters. The molecule has 25 heavy (non-hydrogen) atoms. The fourth-order valence-corrected chi connectivity index (χ4v) is 3.76. The largest absolute Gasteiger partial charge is 0.347 e. The van der Waals surface area contributed by atoms with E-state index in [9.17, 15) is 17.6 Å². The number of nitrogens with zero attached hydrogens (tertiary/aromatic N) is 2. The Bertz CT molecular complexity index is 904. The van der Waals surface area contributed by atoms with E-state index in [4.69, 9.17) is 0 Å². The maximum absolute atomic E-state index is 13.0. The smallest absolute Gasteiger partial charge is 0.268 e. The lowest BCUT2D eigenvalue weighted by Gasteiger charge is -2.08. The van der Waals surface area contributed by atoms with E-state index in [2.05, 4.69) is 5.32 Å². The quantitative estimate of drug-likeness (QED) is 0.877. The molecule has 3 rings (SSSR count). The highest BCUT2D eigenvalue weighted by atomic mass is 32.2. The Morgan fingerprint density at radius 2 is 1.92 bits per heavy atom. The van der Waals surface area contributed by atoms with Crippen LogP contribution in [-0.2, 0) is 17.1 Å². The number of amides is 1. The summed E-state index contributed by atoms with van der Waals surface area (Å²) in [6, 6.07) is 7.60. The Balaban J connectivity index is 1.71. The predicted molar refractivity (Wildman–Crippen MR) is 91.3 cm³/mol. The van der Waals surface area contributed by atoms with Crippen LogP contribution in [0.1, 0.15) is 28.4 Å². The van der Waals surface area contributed by atoms with E-state index in [0.717, 1.165) is 16.3 Å². The number of aromatic nitrogens is 1. The maximum atomic E-state index is 13.0. The van der Waals surface area contributed by atoms with Crippen LogP contribution in [0.25, 0.3) is 0 Å². The molecular formula is C17H20FN3O3S. The summed E-state index contributed by atoms with van der Waals surface area (Å²) < 4.78 is 39.9. The molecule has 1 fully saturated rings. The van der Waals surface area contributed by atoms with E-state index in [-0.39, 0.29) is 34.3 Å². The summed E-state index contributed by atoms with van der Waals surface area (Å²) in [5, 5.41) is 2.91. The van der Waals surface area contributed by atoms with E-state index in [1.807, 2.05) is 0 Å². The van der Waals surface area contributed by atoms with E-state index < -0.39 is 10.0 Å². The highest BCUT2D eigenvalue weighted by molar-refractivity contribution is 7.89. The molecule has 1 saturated carbocycles. The average molecular weight is 365 g/mol. The third-order valence-electron chi connectivity index (χ3n) is 4.40. The van der Waals surface area contributed by atoms with Gasteiger partial charge in [0.15, 0.2) is 0 Å². The fraction of sp³-hybridized carbons (Fsp3) is 0.353. The first-order chi connectivity index (χ1) is 11.7. The first kappa shape index (κ1) is 17.6. The van der Waals surface area contributed by atoms with Gasteiger partial charge in [0, 0.05) is 39.3 Å². The van der Waals surface area contributed by atoms with Crippen molar-refractivity contribution in [1.82, 2.24) is 14.2 Å². The number of hydrogen-bond acceptors (Lipinski definition) is 3. The third kappa shape index (κ3) is 3.45. The number of benzene rings is 1. The summed E-state index contributed by atoms with van der Waals surface area (Å²) in [6.07, 6.45) is 2.21. The summed E-state index contributed by atoms with van der Waals surface area (Å²) in [5.74, 6) is -0.449. The molecule has 1 aliphatic rings. The molecule has 1 aromatic heterocycles. The SMILES string of the molecule is CN(C)S(=O)(=O)c1cc(C(=O)N[C@@H]2C[C@H]2c2ccc(F)cc2)n(C)c1. The summed E-state index contributed by atoms with van der Waals surface area (Å²) in [7, 11) is 0.935. The lowest BCUT2D eigenvalue weighted by molar-refractivity contribution is 0.0942. The predicted octanol–water partition coefficient (Wildman–Crippen LogP) is 1.70. The minimum absolute atomic E-state index is 0.0261. The molecule has 1 aliphatic carbocycles. The van der Waals surface area contributed by atoms with Crippen LogP contribution in [0.3, 0.4) is 0 Å². The van der Waals surface area contributed by atoms with E-state index >= 15 is 0 Å².